The number of hydrogen-bond acceptors (Lipinski definition) is 6. The molecule has 0 saturated carbocycles. The van der Waals surface area contributed by atoms with E-state index in [1.165, 1.54) is 24.5 Å². The van der Waals surface area contributed by atoms with Gasteiger partial charge < -0.3 is 15.0 Å². The maximum atomic E-state index is 14.5. The van der Waals surface area contributed by atoms with E-state index in [0.29, 0.717) is 50.1 Å². The Kier molecular flexibility index (Phi) is 6.38. The van der Waals surface area contributed by atoms with Crippen molar-refractivity contribution in [2.24, 2.45) is 0 Å². The van der Waals surface area contributed by atoms with Gasteiger partial charge in [-0.2, -0.15) is 9.97 Å². The summed E-state index contributed by atoms with van der Waals surface area (Å²) >= 11 is 6.51. The minimum absolute atomic E-state index is 0.157. The topological polar surface area (TPSA) is 53.5 Å². The standard InChI is InChI=1S/C32H36ClF2N5O/c33-29-25(35)8-5-19-3-1-4-27(28(19)29)39-12-9-24-26(17-39)37-31(38-30(24)20-13-22-6-7-23(14-20)36-22)41-18-32-10-2-11-40(32)16-21(34)15-32/h1,3-5,8,20-23,36H,2,6-7,9-18H2/t20-,21-,22-,23+,32+/m1/s1. The normalized spacial score (nSPS) is 31.0. The molecular formula is C32H36ClF2N5O. The quantitative estimate of drug-likeness (QED) is 0.404. The van der Waals surface area contributed by atoms with E-state index in [0.717, 1.165) is 73.0 Å². The molecule has 9 heteroatoms. The van der Waals surface area contributed by atoms with Crippen molar-refractivity contribution in [1.82, 2.24) is 20.2 Å². The number of nitrogens with one attached hydrogen (secondary N) is 1. The fraction of sp³-hybridized carbons (Fsp3) is 0.562. The first-order valence-electron chi connectivity index (χ1n) is 15.3. The van der Waals surface area contributed by atoms with E-state index in [4.69, 9.17) is 26.3 Å². The van der Waals surface area contributed by atoms with Gasteiger partial charge in [0.05, 0.1) is 28.5 Å². The van der Waals surface area contributed by atoms with Crippen LogP contribution in [0.25, 0.3) is 10.8 Å². The second-order valence-electron chi connectivity index (χ2n) is 12.9. The number of benzene rings is 2. The molecule has 3 aromatic rings. The van der Waals surface area contributed by atoms with Gasteiger partial charge in [-0.25, -0.2) is 8.78 Å². The third-order valence-electron chi connectivity index (χ3n) is 10.4. The number of aromatic nitrogens is 2. The molecule has 0 radical (unpaired) electrons. The SMILES string of the molecule is Fc1ccc2cccc(N3CCc4c(nc(OC[C@@]56CCCN5C[C@H](F)C6)nc4[C@@H]4C[C@H]5CC[C@@H](C4)N5)C3)c2c1Cl. The summed E-state index contributed by atoms with van der Waals surface area (Å²) in [5.74, 6) is -0.0315. The van der Waals surface area contributed by atoms with Crippen LogP contribution < -0.4 is 15.0 Å². The van der Waals surface area contributed by atoms with E-state index in [9.17, 15) is 8.78 Å². The van der Waals surface area contributed by atoms with Crippen LogP contribution in [0.3, 0.4) is 0 Å². The van der Waals surface area contributed by atoms with Crippen LogP contribution >= 0.6 is 11.6 Å². The lowest BCUT2D eigenvalue weighted by Gasteiger charge is -2.35. The van der Waals surface area contributed by atoms with Gasteiger partial charge in [0.1, 0.15) is 18.6 Å². The largest absolute Gasteiger partial charge is 0.461 e. The predicted octanol–water partition coefficient (Wildman–Crippen LogP) is 5.94. The first-order chi connectivity index (χ1) is 20.0. The van der Waals surface area contributed by atoms with E-state index >= 15 is 0 Å². The molecule has 0 unspecified atom stereocenters. The molecule has 4 saturated heterocycles. The Morgan fingerprint density at radius 2 is 1.95 bits per heavy atom. The summed E-state index contributed by atoms with van der Waals surface area (Å²) in [6.07, 6.45) is 7.20. The molecule has 1 aromatic heterocycles. The summed E-state index contributed by atoms with van der Waals surface area (Å²) in [5, 5.41) is 5.57. The Morgan fingerprint density at radius 3 is 2.80 bits per heavy atom. The average molecular weight is 580 g/mol. The van der Waals surface area contributed by atoms with E-state index in [1.54, 1.807) is 6.07 Å². The van der Waals surface area contributed by atoms with Gasteiger partial charge in [0.15, 0.2) is 0 Å². The van der Waals surface area contributed by atoms with Crippen molar-refractivity contribution >= 4 is 28.1 Å². The molecule has 5 aliphatic rings. The number of piperidine rings is 1. The molecule has 2 aromatic carbocycles. The Balaban J connectivity index is 1.15. The number of fused-ring (bicyclic) bond motifs is 5. The fourth-order valence-electron chi connectivity index (χ4n) is 8.53. The summed E-state index contributed by atoms with van der Waals surface area (Å²) in [6, 6.07) is 10.7. The molecule has 8 rings (SSSR count). The molecule has 5 atom stereocenters. The third kappa shape index (κ3) is 4.48. The lowest BCUT2D eigenvalue weighted by Crippen LogP contribution is -2.43. The summed E-state index contributed by atoms with van der Waals surface area (Å²) in [5.41, 5.74) is 4.02. The highest BCUT2D eigenvalue weighted by Crippen LogP contribution is 2.43. The van der Waals surface area contributed by atoms with Crippen LogP contribution in [0.2, 0.25) is 5.02 Å². The number of nitrogens with zero attached hydrogens (tertiary/aromatic N) is 4. The van der Waals surface area contributed by atoms with E-state index in [-0.39, 0.29) is 10.6 Å². The van der Waals surface area contributed by atoms with Gasteiger partial charge in [0, 0.05) is 48.6 Å². The Bertz CT molecular complexity index is 1490. The minimum Gasteiger partial charge on any atom is -0.461 e. The molecule has 216 valence electrons. The fourth-order valence-corrected chi connectivity index (χ4v) is 8.80. The average Bonchev–Trinajstić information content (AvgIpc) is 3.63. The Hall–Kier alpha value is -2.55. The third-order valence-corrected chi connectivity index (χ3v) is 10.8. The summed E-state index contributed by atoms with van der Waals surface area (Å²) in [7, 11) is 0. The summed E-state index contributed by atoms with van der Waals surface area (Å²) < 4.78 is 35.4. The summed E-state index contributed by atoms with van der Waals surface area (Å²) in [4.78, 5) is 14.6. The van der Waals surface area contributed by atoms with Gasteiger partial charge in [0.2, 0.25) is 0 Å². The van der Waals surface area contributed by atoms with Crippen LogP contribution in [0.15, 0.2) is 30.3 Å². The molecule has 6 heterocycles. The molecule has 0 aliphatic carbocycles. The van der Waals surface area contributed by atoms with Gasteiger partial charge in [-0.1, -0.05) is 29.8 Å². The van der Waals surface area contributed by atoms with Crippen LogP contribution in [-0.2, 0) is 13.0 Å². The zero-order valence-corrected chi connectivity index (χ0v) is 24.0. The molecule has 0 spiro atoms. The molecule has 1 N–H and O–H groups in total. The smallest absolute Gasteiger partial charge is 0.316 e. The van der Waals surface area contributed by atoms with Crippen LogP contribution in [0.1, 0.15) is 67.8 Å². The van der Waals surface area contributed by atoms with E-state index in [2.05, 4.69) is 15.1 Å². The minimum atomic E-state index is -0.796. The second kappa shape index (κ2) is 10.0. The van der Waals surface area contributed by atoms with Crippen molar-refractivity contribution in [3.05, 3.63) is 58.1 Å². The van der Waals surface area contributed by atoms with Crippen molar-refractivity contribution in [1.29, 1.82) is 0 Å². The Labute approximate surface area is 244 Å². The molecule has 0 amide bonds. The van der Waals surface area contributed by atoms with Gasteiger partial charge in [-0.15, -0.1) is 0 Å². The molecular weight excluding hydrogens is 544 g/mol. The van der Waals surface area contributed by atoms with Crippen molar-refractivity contribution < 1.29 is 13.5 Å². The Morgan fingerprint density at radius 1 is 1.10 bits per heavy atom. The second-order valence-corrected chi connectivity index (χ2v) is 13.3. The molecule has 41 heavy (non-hydrogen) atoms. The van der Waals surface area contributed by atoms with E-state index in [1.807, 2.05) is 18.2 Å². The molecule has 4 fully saturated rings. The maximum absolute atomic E-state index is 14.5. The number of alkyl halides is 1. The number of halogens is 3. The molecule has 5 aliphatic heterocycles. The van der Waals surface area contributed by atoms with E-state index < -0.39 is 12.0 Å². The lowest BCUT2D eigenvalue weighted by atomic mass is 9.85. The number of ether oxygens (including phenoxy) is 1. The van der Waals surface area contributed by atoms with Crippen molar-refractivity contribution in [3.8, 4) is 6.01 Å². The van der Waals surface area contributed by atoms with Gasteiger partial charge in [-0.05, 0) is 74.6 Å². The summed E-state index contributed by atoms with van der Waals surface area (Å²) in [6.45, 7) is 3.21. The van der Waals surface area contributed by atoms with Crippen molar-refractivity contribution in [2.75, 3.05) is 31.1 Å². The molecule has 6 nitrogen and oxygen atoms in total. The highest BCUT2D eigenvalue weighted by Gasteiger charge is 2.49. The van der Waals surface area contributed by atoms with Crippen LogP contribution in [0.5, 0.6) is 6.01 Å². The predicted molar refractivity (Wildman–Crippen MR) is 156 cm³/mol. The van der Waals surface area contributed by atoms with Crippen molar-refractivity contribution in [2.45, 2.75) is 87.6 Å². The van der Waals surface area contributed by atoms with Gasteiger partial charge in [0.25, 0.3) is 0 Å². The lowest BCUT2D eigenvalue weighted by molar-refractivity contribution is 0.106. The number of hydrogen-bond donors (Lipinski definition) is 1. The van der Waals surface area contributed by atoms with Gasteiger partial charge >= 0.3 is 6.01 Å². The monoisotopic (exact) mass is 579 g/mol. The van der Waals surface area contributed by atoms with Crippen LogP contribution in [-0.4, -0.2) is 64.9 Å². The number of rotatable bonds is 5. The highest BCUT2D eigenvalue weighted by molar-refractivity contribution is 6.36. The van der Waals surface area contributed by atoms with Gasteiger partial charge in [-0.3, -0.25) is 4.90 Å². The first-order valence-corrected chi connectivity index (χ1v) is 15.6. The van der Waals surface area contributed by atoms with Crippen molar-refractivity contribution in [3.63, 3.8) is 0 Å². The maximum Gasteiger partial charge on any atom is 0.316 e. The zero-order chi connectivity index (χ0) is 27.7. The van der Waals surface area contributed by atoms with Crippen LogP contribution in [0, 0.1) is 5.82 Å². The van der Waals surface area contributed by atoms with Crippen LogP contribution in [0.4, 0.5) is 14.5 Å². The first kappa shape index (κ1) is 26.1. The zero-order valence-electron chi connectivity index (χ0n) is 23.2. The number of anilines is 1. The highest BCUT2D eigenvalue weighted by atomic mass is 35.5. The molecule has 2 bridgehead atoms.